The third kappa shape index (κ3) is 2.98. The van der Waals surface area contributed by atoms with Crippen LogP contribution in [0.4, 0.5) is 0 Å². The van der Waals surface area contributed by atoms with E-state index in [0.29, 0.717) is 0 Å². The van der Waals surface area contributed by atoms with E-state index in [1.807, 2.05) is 13.2 Å². The zero-order valence-electron chi connectivity index (χ0n) is 7.45. The predicted molar refractivity (Wildman–Crippen MR) is 44.6 cm³/mol. The summed E-state index contributed by atoms with van der Waals surface area (Å²) in [5.41, 5.74) is 0.952. The molecule has 0 aliphatic carbocycles. The molecule has 1 aromatic heterocycles. The Hall–Kier alpha value is -0.940. The van der Waals surface area contributed by atoms with E-state index in [0.717, 1.165) is 25.4 Å². The van der Waals surface area contributed by atoms with Gasteiger partial charge in [-0.15, -0.1) is 5.10 Å². The Labute approximate surface area is 71.7 Å². The Morgan fingerprint density at radius 3 is 3.08 bits per heavy atom. The van der Waals surface area contributed by atoms with Crippen LogP contribution in [0, 0.1) is 0 Å². The van der Waals surface area contributed by atoms with Crippen LogP contribution in [-0.2, 0) is 18.3 Å². The minimum absolute atomic E-state index is 0.722. The van der Waals surface area contributed by atoms with Gasteiger partial charge in [0.05, 0.1) is 12.3 Å². The molecular formula is C7H14N4O. The SMILES string of the molecule is COCCNCc1cn(C)nn1. The van der Waals surface area contributed by atoms with Crippen LogP contribution in [0.2, 0.25) is 0 Å². The van der Waals surface area contributed by atoms with Gasteiger partial charge in [-0.3, -0.25) is 4.68 Å². The molecule has 0 aliphatic heterocycles. The third-order valence-electron chi connectivity index (χ3n) is 1.44. The summed E-state index contributed by atoms with van der Waals surface area (Å²) in [7, 11) is 3.54. The van der Waals surface area contributed by atoms with Gasteiger partial charge >= 0.3 is 0 Å². The van der Waals surface area contributed by atoms with Crippen molar-refractivity contribution < 1.29 is 4.74 Å². The van der Waals surface area contributed by atoms with Gasteiger partial charge < -0.3 is 10.1 Å². The van der Waals surface area contributed by atoms with Gasteiger partial charge in [0, 0.05) is 33.4 Å². The first-order valence-corrected chi connectivity index (χ1v) is 3.88. The Bertz CT molecular complexity index is 223. The molecule has 0 saturated carbocycles. The fourth-order valence-electron chi connectivity index (χ4n) is 0.867. The molecule has 1 N–H and O–H groups in total. The van der Waals surface area contributed by atoms with Crippen molar-refractivity contribution in [2.75, 3.05) is 20.3 Å². The zero-order chi connectivity index (χ0) is 8.81. The van der Waals surface area contributed by atoms with Gasteiger partial charge in [-0.25, -0.2) is 0 Å². The summed E-state index contributed by atoms with van der Waals surface area (Å²) < 4.78 is 6.57. The first-order valence-electron chi connectivity index (χ1n) is 3.88. The fraction of sp³-hybridized carbons (Fsp3) is 0.714. The van der Waals surface area contributed by atoms with E-state index in [4.69, 9.17) is 4.74 Å². The van der Waals surface area contributed by atoms with Crippen LogP contribution in [0.1, 0.15) is 5.69 Å². The standard InChI is InChI=1S/C7H14N4O/c1-11-6-7(9-10-11)5-8-3-4-12-2/h6,8H,3-5H2,1-2H3. The quantitative estimate of drug-likeness (QED) is 0.608. The summed E-state index contributed by atoms with van der Waals surface area (Å²) in [5, 5.41) is 10.9. The lowest BCUT2D eigenvalue weighted by Gasteiger charge is -1.99. The number of rotatable bonds is 5. The number of aromatic nitrogens is 3. The van der Waals surface area contributed by atoms with Gasteiger partial charge in [0.1, 0.15) is 0 Å². The van der Waals surface area contributed by atoms with Crippen LogP contribution in [0.3, 0.4) is 0 Å². The maximum Gasteiger partial charge on any atom is 0.0964 e. The van der Waals surface area contributed by atoms with Crippen LogP contribution in [0.15, 0.2) is 6.20 Å². The molecule has 0 aliphatic rings. The number of ether oxygens (including phenoxy) is 1. The van der Waals surface area contributed by atoms with E-state index in [1.54, 1.807) is 11.8 Å². The second-order valence-corrected chi connectivity index (χ2v) is 2.55. The Morgan fingerprint density at radius 1 is 1.67 bits per heavy atom. The Balaban J connectivity index is 2.15. The van der Waals surface area contributed by atoms with Gasteiger partial charge in [-0.05, 0) is 0 Å². The lowest BCUT2D eigenvalue weighted by molar-refractivity contribution is 0.199. The van der Waals surface area contributed by atoms with Crippen molar-refractivity contribution in [3.05, 3.63) is 11.9 Å². The van der Waals surface area contributed by atoms with Crippen molar-refractivity contribution in [1.29, 1.82) is 0 Å². The van der Waals surface area contributed by atoms with Crippen molar-refractivity contribution in [2.45, 2.75) is 6.54 Å². The molecule has 0 aromatic carbocycles. The molecule has 1 aromatic rings. The minimum Gasteiger partial charge on any atom is -0.383 e. The van der Waals surface area contributed by atoms with E-state index in [1.165, 1.54) is 0 Å². The largest absolute Gasteiger partial charge is 0.383 e. The van der Waals surface area contributed by atoms with E-state index >= 15 is 0 Å². The van der Waals surface area contributed by atoms with Crippen molar-refractivity contribution >= 4 is 0 Å². The Morgan fingerprint density at radius 2 is 2.50 bits per heavy atom. The second kappa shape index (κ2) is 4.84. The summed E-state index contributed by atoms with van der Waals surface area (Å²) in [6.07, 6.45) is 1.89. The number of aryl methyl sites for hydroxylation is 1. The highest BCUT2D eigenvalue weighted by molar-refractivity contribution is 4.90. The number of hydrogen-bond donors (Lipinski definition) is 1. The maximum atomic E-state index is 4.88. The van der Waals surface area contributed by atoms with Crippen LogP contribution < -0.4 is 5.32 Å². The smallest absolute Gasteiger partial charge is 0.0964 e. The molecular weight excluding hydrogens is 156 g/mol. The first kappa shape index (κ1) is 9.15. The van der Waals surface area contributed by atoms with Crippen LogP contribution in [-0.4, -0.2) is 35.3 Å². The van der Waals surface area contributed by atoms with E-state index in [2.05, 4.69) is 15.6 Å². The summed E-state index contributed by atoms with van der Waals surface area (Å²) >= 11 is 0. The molecule has 0 fully saturated rings. The maximum absolute atomic E-state index is 4.88. The Kier molecular flexibility index (Phi) is 3.69. The number of hydrogen-bond acceptors (Lipinski definition) is 4. The normalized spacial score (nSPS) is 10.5. The molecule has 68 valence electrons. The van der Waals surface area contributed by atoms with Crippen LogP contribution in [0.25, 0.3) is 0 Å². The lowest BCUT2D eigenvalue weighted by Crippen LogP contribution is -2.18. The van der Waals surface area contributed by atoms with Crippen molar-refractivity contribution in [2.24, 2.45) is 7.05 Å². The van der Waals surface area contributed by atoms with E-state index in [-0.39, 0.29) is 0 Å². The van der Waals surface area contributed by atoms with Gasteiger partial charge in [0.25, 0.3) is 0 Å². The molecule has 0 unspecified atom stereocenters. The molecule has 1 heterocycles. The highest BCUT2D eigenvalue weighted by atomic mass is 16.5. The topological polar surface area (TPSA) is 52.0 Å². The minimum atomic E-state index is 0.722. The van der Waals surface area contributed by atoms with Crippen molar-refractivity contribution in [1.82, 2.24) is 20.3 Å². The van der Waals surface area contributed by atoms with Crippen molar-refractivity contribution in [3.8, 4) is 0 Å². The molecule has 0 amide bonds. The molecule has 5 heteroatoms. The summed E-state index contributed by atoms with van der Waals surface area (Å²) in [6, 6.07) is 0. The molecule has 0 radical (unpaired) electrons. The average Bonchev–Trinajstić information content (AvgIpc) is 2.45. The van der Waals surface area contributed by atoms with Crippen LogP contribution in [0.5, 0.6) is 0 Å². The highest BCUT2D eigenvalue weighted by Crippen LogP contribution is 1.88. The predicted octanol–water partition coefficient (Wildman–Crippen LogP) is -0.449. The monoisotopic (exact) mass is 170 g/mol. The molecule has 12 heavy (non-hydrogen) atoms. The van der Waals surface area contributed by atoms with Gasteiger partial charge in [0.2, 0.25) is 0 Å². The summed E-state index contributed by atoms with van der Waals surface area (Å²) in [6.45, 7) is 2.31. The van der Waals surface area contributed by atoms with E-state index < -0.39 is 0 Å². The van der Waals surface area contributed by atoms with Gasteiger partial charge in [0.15, 0.2) is 0 Å². The highest BCUT2D eigenvalue weighted by Gasteiger charge is 1.95. The molecule has 5 nitrogen and oxygen atoms in total. The molecule has 1 rings (SSSR count). The van der Waals surface area contributed by atoms with Crippen LogP contribution >= 0.6 is 0 Å². The zero-order valence-corrected chi connectivity index (χ0v) is 7.45. The lowest BCUT2D eigenvalue weighted by atomic mass is 10.4. The summed E-state index contributed by atoms with van der Waals surface area (Å²) in [5.74, 6) is 0. The summed E-state index contributed by atoms with van der Waals surface area (Å²) in [4.78, 5) is 0. The fourth-order valence-corrected chi connectivity index (χ4v) is 0.867. The number of methoxy groups -OCH3 is 1. The molecule has 0 bridgehead atoms. The molecule has 0 atom stereocenters. The number of nitrogens with zero attached hydrogens (tertiary/aromatic N) is 3. The number of nitrogens with one attached hydrogen (secondary N) is 1. The molecule has 0 saturated heterocycles. The first-order chi connectivity index (χ1) is 5.83. The van der Waals surface area contributed by atoms with Gasteiger partial charge in [-0.2, -0.15) is 0 Å². The van der Waals surface area contributed by atoms with Crippen molar-refractivity contribution in [3.63, 3.8) is 0 Å². The average molecular weight is 170 g/mol. The third-order valence-corrected chi connectivity index (χ3v) is 1.44. The van der Waals surface area contributed by atoms with Gasteiger partial charge in [-0.1, -0.05) is 5.21 Å². The van der Waals surface area contributed by atoms with E-state index in [9.17, 15) is 0 Å². The molecule has 0 spiro atoms. The second-order valence-electron chi connectivity index (χ2n) is 2.55.